The molecule has 0 bridgehead atoms. The van der Waals surface area contributed by atoms with Crippen molar-refractivity contribution in [1.29, 1.82) is 0 Å². The van der Waals surface area contributed by atoms with E-state index in [0.717, 1.165) is 29.8 Å². The van der Waals surface area contributed by atoms with E-state index in [1.54, 1.807) is 20.2 Å². The number of fused-ring (bicyclic) bond motifs is 1. The lowest BCUT2D eigenvalue weighted by Gasteiger charge is -2.28. The van der Waals surface area contributed by atoms with Gasteiger partial charge in [-0.05, 0) is 49.7 Å². The van der Waals surface area contributed by atoms with Gasteiger partial charge in [-0.2, -0.15) is 5.10 Å². The molecule has 3 aromatic rings. The molecular formula is C24H28N4O3. The molecule has 2 heterocycles. The summed E-state index contributed by atoms with van der Waals surface area (Å²) in [6.45, 7) is 2.58. The van der Waals surface area contributed by atoms with E-state index >= 15 is 0 Å². The summed E-state index contributed by atoms with van der Waals surface area (Å²) in [5, 5.41) is 8.74. The van der Waals surface area contributed by atoms with E-state index in [-0.39, 0.29) is 23.9 Å². The average molecular weight is 421 g/mol. The lowest BCUT2D eigenvalue weighted by Crippen LogP contribution is -2.37. The van der Waals surface area contributed by atoms with E-state index in [0.29, 0.717) is 17.6 Å². The predicted molar refractivity (Wildman–Crippen MR) is 120 cm³/mol. The molecular weight excluding hydrogens is 392 g/mol. The van der Waals surface area contributed by atoms with Crippen LogP contribution in [0.5, 0.6) is 5.75 Å². The van der Waals surface area contributed by atoms with Crippen molar-refractivity contribution in [3.8, 4) is 5.75 Å². The van der Waals surface area contributed by atoms with Crippen LogP contribution < -0.4 is 15.6 Å². The third kappa shape index (κ3) is 4.61. The van der Waals surface area contributed by atoms with Crippen molar-refractivity contribution < 1.29 is 9.53 Å². The second-order valence-electron chi connectivity index (χ2n) is 7.93. The highest BCUT2D eigenvalue weighted by Gasteiger charge is 2.24. The third-order valence-corrected chi connectivity index (χ3v) is 5.94. The molecule has 162 valence electrons. The minimum absolute atomic E-state index is 0.103. The molecule has 0 aliphatic carbocycles. The average Bonchev–Trinajstić information content (AvgIpc) is 3.32. The zero-order chi connectivity index (χ0) is 21.8. The SMILES string of the molecule is COc1ccc(C(CNC(=O)Cc2nn(C)c(=O)c3ccccc23)N2CCCC2)cc1. The Hall–Kier alpha value is -3.19. The standard InChI is InChI=1S/C24H28N4O3/c1-27-24(30)20-8-4-3-7-19(20)21(26-27)15-23(29)25-16-22(28-13-5-6-14-28)17-9-11-18(31-2)12-10-17/h3-4,7-12,22H,5-6,13-16H2,1-2H3,(H,25,29). The van der Waals surface area contributed by atoms with Crippen LogP contribution in [0.15, 0.2) is 53.3 Å². The lowest BCUT2D eigenvalue weighted by atomic mass is 10.0. The number of ether oxygens (including phenoxy) is 1. The van der Waals surface area contributed by atoms with Gasteiger partial charge < -0.3 is 10.1 Å². The minimum Gasteiger partial charge on any atom is -0.497 e. The fraction of sp³-hybridized carbons (Fsp3) is 0.375. The molecule has 1 aromatic heterocycles. The Balaban J connectivity index is 1.50. The fourth-order valence-electron chi connectivity index (χ4n) is 4.27. The Morgan fingerprint density at radius 2 is 1.77 bits per heavy atom. The molecule has 1 N–H and O–H groups in total. The molecule has 1 unspecified atom stereocenters. The van der Waals surface area contributed by atoms with Crippen LogP contribution in [-0.2, 0) is 18.3 Å². The molecule has 0 spiro atoms. The molecule has 1 fully saturated rings. The van der Waals surface area contributed by atoms with Crippen LogP contribution in [0.4, 0.5) is 0 Å². The van der Waals surface area contributed by atoms with Crippen LogP contribution in [0.1, 0.15) is 30.1 Å². The van der Waals surface area contributed by atoms with Gasteiger partial charge in [-0.25, -0.2) is 4.68 Å². The Bertz CT molecular complexity index is 1120. The number of carbonyl (C=O) groups is 1. The van der Waals surface area contributed by atoms with Gasteiger partial charge in [-0.15, -0.1) is 0 Å². The Labute approximate surface area is 181 Å². The molecule has 7 heteroatoms. The van der Waals surface area contributed by atoms with Gasteiger partial charge in [0, 0.05) is 19.0 Å². The van der Waals surface area contributed by atoms with E-state index in [1.807, 2.05) is 30.3 Å². The number of rotatable bonds is 7. The summed E-state index contributed by atoms with van der Waals surface area (Å²) >= 11 is 0. The summed E-state index contributed by atoms with van der Waals surface area (Å²) in [5.74, 6) is 0.717. The van der Waals surface area contributed by atoms with E-state index in [1.165, 1.54) is 17.5 Å². The van der Waals surface area contributed by atoms with Gasteiger partial charge in [-0.1, -0.05) is 30.3 Å². The number of nitrogens with zero attached hydrogens (tertiary/aromatic N) is 3. The molecule has 1 amide bonds. The number of amides is 1. The molecule has 0 saturated carbocycles. The van der Waals surface area contributed by atoms with Crippen molar-refractivity contribution in [3.63, 3.8) is 0 Å². The van der Waals surface area contributed by atoms with E-state index < -0.39 is 0 Å². The zero-order valence-corrected chi connectivity index (χ0v) is 18.0. The molecule has 1 aliphatic rings. The Morgan fingerprint density at radius 1 is 1.10 bits per heavy atom. The van der Waals surface area contributed by atoms with Gasteiger partial charge in [0.05, 0.1) is 30.7 Å². The van der Waals surface area contributed by atoms with Crippen LogP contribution in [0.3, 0.4) is 0 Å². The van der Waals surface area contributed by atoms with Crippen molar-refractivity contribution in [2.45, 2.75) is 25.3 Å². The smallest absolute Gasteiger partial charge is 0.274 e. The summed E-state index contributed by atoms with van der Waals surface area (Å²) < 4.78 is 6.58. The van der Waals surface area contributed by atoms with Crippen LogP contribution in [0.2, 0.25) is 0 Å². The second-order valence-corrected chi connectivity index (χ2v) is 7.93. The van der Waals surface area contributed by atoms with Gasteiger partial charge >= 0.3 is 0 Å². The fourth-order valence-corrected chi connectivity index (χ4v) is 4.27. The first kappa shape index (κ1) is 21.1. The van der Waals surface area contributed by atoms with E-state index in [2.05, 4.69) is 27.4 Å². The first-order valence-corrected chi connectivity index (χ1v) is 10.7. The summed E-state index contributed by atoms with van der Waals surface area (Å²) in [6, 6.07) is 15.5. The molecule has 1 saturated heterocycles. The van der Waals surface area contributed by atoms with E-state index in [9.17, 15) is 9.59 Å². The van der Waals surface area contributed by atoms with Crippen molar-refractivity contribution in [2.75, 3.05) is 26.7 Å². The summed E-state index contributed by atoms with van der Waals surface area (Å²) in [7, 11) is 3.27. The highest BCUT2D eigenvalue weighted by molar-refractivity contribution is 5.88. The largest absolute Gasteiger partial charge is 0.497 e. The van der Waals surface area contributed by atoms with Gasteiger partial charge in [0.15, 0.2) is 0 Å². The molecule has 1 aliphatic heterocycles. The highest BCUT2D eigenvalue weighted by atomic mass is 16.5. The Kier molecular flexibility index (Phi) is 6.32. The third-order valence-electron chi connectivity index (χ3n) is 5.94. The molecule has 4 rings (SSSR count). The normalized spacial score (nSPS) is 15.2. The maximum Gasteiger partial charge on any atom is 0.274 e. The number of aromatic nitrogens is 2. The molecule has 0 radical (unpaired) electrons. The number of hydrogen-bond donors (Lipinski definition) is 1. The van der Waals surface area contributed by atoms with Gasteiger partial charge in [0.25, 0.3) is 5.56 Å². The number of benzene rings is 2. The van der Waals surface area contributed by atoms with Gasteiger partial charge in [0.2, 0.25) is 5.91 Å². The van der Waals surface area contributed by atoms with Crippen molar-refractivity contribution in [1.82, 2.24) is 20.0 Å². The van der Waals surface area contributed by atoms with Crippen molar-refractivity contribution >= 4 is 16.7 Å². The van der Waals surface area contributed by atoms with Crippen LogP contribution in [0, 0.1) is 0 Å². The first-order chi connectivity index (χ1) is 15.1. The Morgan fingerprint density at radius 3 is 2.45 bits per heavy atom. The van der Waals surface area contributed by atoms with Gasteiger partial charge in [0.1, 0.15) is 5.75 Å². The number of likely N-dealkylation sites (tertiary alicyclic amines) is 1. The molecule has 31 heavy (non-hydrogen) atoms. The predicted octanol–water partition coefficient (Wildman–Crippen LogP) is 2.44. The highest BCUT2D eigenvalue weighted by Crippen LogP contribution is 2.26. The monoisotopic (exact) mass is 420 g/mol. The molecule has 1 atom stereocenters. The van der Waals surface area contributed by atoms with Crippen molar-refractivity contribution in [3.05, 3.63) is 70.1 Å². The summed E-state index contributed by atoms with van der Waals surface area (Å²) in [4.78, 5) is 27.6. The molecule has 7 nitrogen and oxygen atoms in total. The van der Waals surface area contributed by atoms with Gasteiger partial charge in [-0.3, -0.25) is 14.5 Å². The van der Waals surface area contributed by atoms with Crippen LogP contribution >= 0.6 is 0 Å². The zero-order valence-electron chi connectivity index (χ0n) is 18.0. The number of hydrogen-bond acceptors (Lipinski definition) is 5. The maximum atomic E-state index is 12.8. The number of carbonyl (C=O) groups excluding carboxylic acids is 1. The minimum atomic E-state index is -0.159. The van der Waals surface area contributed by atoms with Crippen molar-refractivity contribution in [2.24, 2.45) is 7.05 Å². The second kappa shape index (κ2) is 9.31. The van der Waals surface area contributed by atoms with E-state index in [4.69, 9.17) is 4.74 Å². The number of aryl methyl sites for hydroxylation is 1. The van der Waals surface area contributed by atoms with Crippen LogP contribution in [0.25, 0.3) is 10.8 Å². The summed E-state index contributed by atoms with van der Waals surface area (Å²) in [6.07, 6.45) is 2.48. The molecule has 2 aromatic carbocycles. The summed E-state index contributed by atoms with van der Waals surface area (Å²) in [5.41, 5.74) is 1.61. The quantitative estimate of drug-likeness (QED) is 0.635. The maximum absolute atomic E-state index is 12.8. The topological polar surface area (TPSA) is 76.5 Å². The number of nitrogens with one attached hydrogen (secondary N) is 1. The number of methoxy groups -OCH3 is 1. The first-order valence-electron chi connectivity index (χ1n) is 10.7. The lowest BCUT2D eigenvalue weighted by molar-refractivity contribution is -0.120. The van der Waals surface area contributed by atoms with Crippen LogP contribution in [-0.4, -0.2) is 47.3 Å².